The first kappa shape index (κ1) is 25.2. The largest absolute Gasteiger partial charge is 0.463 e. The number of benzene rings is 2. The molecule has 186 valence electrons. The van der Waals surface area contributed by atoms with Crippen LogP contribution in [0.1, 0.15) is 42.0 Å². The fourth-order valence-corrected chi connectivity index (χ4v) is 5.33. The summed E-state index contributed by atoms with van der Waals surface area (Å²) in [6, 6.07) is 15.2. The van der Waals surface area contributed by atoms with E-state index in [1.807, 2.05) is 62.4 Å². The van der Waals surface area contributed by atoms with Crippen LogP contribution < -0.4 is 20.5 Å². The minimum absolute atomic E-state index is 0.0399. The molecule has 0 unspecified atom stereocenters. The Bertz CT molecular complexity index is 1530. The number of esters is 2. The van der Waals surface area contributed by atoms with Gasteiger partial charge in [0.05, 0.1) is 34.8 Å². The molecule has 0 amide bonds. The first-order valence-electron chi connectivity index (χ1n) is 11.7. The zero-order valence-electron chi connectivity index (χ0n) is 20.7. The van der Waals surface area contributed by atoms with Crippen LogP contribution in [-0.2, 0) is 19.1 Å². The SMILES string of the molecule is CCOC(=O)C1=C(N)n2c(sc(=Cc3ccc(C)cc3)c2=O)=C(C(=O)OCC)[C@@H]1c1ccc(C)cc1. The fourth-order valence-electron chi connectivity index (χ4n) is 4.17. The number of carbonyl (C=O) groups excluding carboxylic acids is 2. The summed E-state index contributed by atoms with van der Waals surface area (Å²) in [5, 5.41) is 0. The van der Waals surface area contributed by atoms with Crippen LogP contribution in [-0.4, -0.2) is 29.7 Å². The summed E-state index contributed by atoms with van der Waals surface area (Å²) < 4.78 is 12.7. The second-order valence-corrected chi connectivity index (χ2v) is 9.49. The number of rotatable bonds is 6. The van der Waals surface area contributed by atoms with Crippen molar-refractivity contribution in [1.82, 2.24) is 4.57 Å². The molecule has 8 heteroatoms. The number of fused-ring (bicyclic) bond motifs is 1. The van der Waals surface area contributed by atoms with Crippen molar-refractivity contribution in [3.63, 3.8) is 0 Å². The van der Waals surface area contributed by atoms with Crippen LogP contribution in [0, 0.1) is 13.8 Å². The number of nitrogens with two attached hydrogens (primary N) is 1. The molecule has 0 spiro atoms. The van der Waals surface area contributed by atoms with E-state index >= 15 is 0 Å². The van der Waals surface area contributed by atoms with Crippen LogP contribution in [0.25, 0.3) is 17.5 Å². The monoisotopic (exact) mass is 504 g/mol. The third-order valence-corrected chi connectivity index (χ3v) is 7.03. The maximum absolute atomic E-state index is 13.5. The van der Waals surface area contributed by atoms with Crippen molar-refractivity contribution in [1.29, 1.82) is 0 Å². The van der Waals surface area contributed by atoms with Gasteiger partial charge in [0.1, 0.15) is 10.5 Å². The summed E-state index contributed by atoms with van der Waals surface area (Å²) in [5.74, 6) is -2.20. The number of carbonyl (C=O) groups is 2. The number of hydrogen-bond acceptors (Lipinski definition) is 7. The number of hydrogen-bond donors (Lipinski definition) is 1. The van der Waals surface area contributed by atoms with E-state index in [2.05, 4.69) is 0 Å². The Labute approximate surface area is 212 Å². The summed E-state index contributed by atoms with van der Waals surface area (Å²) in [4.78, 5) is 40.1. The zero-order chi connectivity index (χ0) is 26.0. The van der Waals surface area contributed by atoms with E-state index in [1.165, 1.54) is 4.57 Å². The molecule has 1 aliphatic heterocycles. The van der Waals surface area contributed by atoms with E-state index in [1.54, 1.807) is 19.9 Å². The molecule has 7 nitrogen and oxygen atoms in total. The Balaban J connectivity index is 2.10. The predicted octanol–water partition coefficient (Wildman–Crippen LogP) is 2.56. The van der Waals surface area contributed by atoms with Crippen molar-refractivity contribution in [2.45, 2.75) is 33.6 Å². The van der Waals surface area contributed by atoms with Gasteiger partial charge in [-0.3, -0.25) is 9.36 Å². The molecule has 4 rings (SSSR count). The molecule has 2 aromatic carbocycles. The van der Waals surface area contributed by atoms with Gasteiger partial charge in [-0.15, -0.1) is 11.3 Å². The van der Waals surface area contributed by atoms with Gasteiger partial charge in [0.25, 0.3) is 5.56 Å². The molecular weight excluding hydrogens is 476 g/mol. The van der Waals surface area contributed by atoms with Gasteiger partial charge in [0, 0.05) is 0 Å². The molecule has 2 heterocycles. The van der Waals surface area contributed by atoms with E-state index in [9.17, 15) is 14.4 Å². The summed E-state index contributed by atoms with van der Waals surface area (Å²) in [6.45, 7) is 7.57. The summed E-state index contributed by atoms with van der Waals surface area (Å²) in [7, 11) is 0. The first-order chi connectivity index (χ1) is 17.3. The van der Waals surface area contributed by atoms with Crippen LogP contribution in [0.2, 0.25) is 0 Å². The molecule has 0 saturated carbocycles. The smallest absolute Gasteiger partial charge is 0.338 e. The molecule has 0 radical (unpaired) electrons. The van der Waals surface area contributed by atoms with Crippen molar-refractivity contribution < 1.29 is 19.1 Å². The highest BCUT2D eigenvalue weighted by molar-refractivity contribution is 7.07. The second kappa shape index (κ2) is 10.4. The highest BCUT2D eigenvalue weighted by atomic mass is 32.1. The number of aromatic nitrogens is 1. The van der Waals surface area contributed by atoms with Gasteiger partial charge < -0.3 is 15.2 Å². The number of nitrogens with zero attached hydrogens (tertiary/aromatic N) is 1. The Morgan fingerprint density at radius 1 is 0.917 bits per heavy atom. The lowest BCUT2D eigenvalue weighted by Crippen LogP contribution is -2.42. The van der Waals surface area contributed by atoms with Gasteiger partial charge in [-0.2, -0.15) is 0 Å². The molecule has 0 saturated heterocycles. The molecular formula is C28H28N2O5S. The molecule has 1 aromatic heterocycles. The van der Waals surface area contributed by atoms with Gasteiger partial charge >= 0.3 is 11.9 Å². The lowest BCUT2D eigenvalue weighted by molar-refractivity contribution is -0.138. The third-order valence-electron chi connectivity index (χ3n) is 5.92. The lowest BCUT2D eigenvalue weighted by Gasteiger charge is -2.27. The van der Waals surface area contributed by atoms with Crippen LogP contribution >= 0.6 is 11.3 Å². The van der Waals surface area contributed by atoms with E-state index in [0.29, 0.717) is 14.8 Å². The van der Waals surface area contributed by atoms with Crippen LogP contribution in [0.3, 0.4) is 0 Å². The maximum Gasteiger partial charge on any atom is 0.338 e. The van der Waals surface area contributed by atoms with Crippen molar-refractivity contribution in [2.75, 3.05) is 13.2 Å². The Morgan fingerprint density at radius 2 is 1.44 bits per heavy atom. The van der Waals surface area contributed by atoms with E-state index in [4.69, 9.17) is 15.2 Å². The molecule has 0 aliphatic carbocycles. The standard InChI is InChI=1S/C28H28N2O5S/c1-5-34-27(32)22-21(19-13-9-17(4)10-14-19)23(28(33)35-6-2)26-30(24(22)29)25(31)20(36-26)15-18-11-7-16(3)8-12-18/h7-15,21H,5-6,29H2,1-4H3/t21-/m1/s1. The molecule has 1 atom stereocenters. The number of aryl methyl sites for hydroxylation is 2. The fraction of sp³-hybridized carbons (Fsp3) is 0.250. The summed E-state index contributed by atoms with van der Waals surface area (Å²) in [6.07, 6.45) is 1.75. The van der Waals surface area contributed by atoms with Gasteiger partial charge in [0.15, 0.2) is 0 Å². The quantitative estimate of drug-likeness (QED) is 0.518. The number of thiazole rings is 1. The van der Waals surface area contributed by atoms with Gasteiger partial charge in [-0.05, 0) is 44.9 Å². The van der Waals surface area contributed by atoms with Crippen molar-refractivity contribution >= 4 is 40.7 Å². The molecule has 1 aliphatic rings. The molecule has 36 heavy (non-hydrogen) atoms. The van der Waals surface area contributed by atoms with Crippen LogP contribution in [0.5, 0.6) is 0 Å². The Kier molecular flexibility index (Phi) is 7.26. The molecule has 2 N–H and O–H groups in total. The molecule has 0 bridgehead atoms. The van der Waals surface area contributed by atoms with Gasteiger partial charge in [-0.1, -0.05) is 59.7 Å². The highest BCUT2D eigenvalue weighted by Gasteiger charge is 2.39. The highest BCUT2D eigenvalue weighted by Crippen LogP contribution is 2.37. The Morgan fingerprint density at radius 3 is 2.00 bits per heavy atom. The van der Waals surface area contributed by atoms with E-state index in [0.717, 1.165) is 28.0 Å². The average molecular weight is 505 g/mol. The van der Waals surface area contributed by atoms with Gasteiger partial charge in [-0.25, -0.2) is 9.59 Å². The zero-order valence-corrected chi connectivity index (χ0v) is 21.5. The molecule has 3 aromatic rings. The van der Waals surface area contributed by atoms with Crippen LogP contribution in [0.4, 0.5) is 0 Å². The minimum Gasteiger partial charge on any atom is -0.463 e. The third kappa shape index (κ3) is 4.64. The number of ether oxygens (including phenoxy) is 2. The van der Waals surface area contributed by atoms with E-state index < -0.39 is 23.4 Å². The lowest BCUT2D eigenvalue weighted by atomic mass is 9.83. The second-order valence-electron chi connectivity index (χ2n) is 8.46. The minimum atomic E-state index is -0.853. The normalized spacial score (nSPS) is 15.6. The first-order valence-corrected chi connectivity index (χ1v) is 12.5. The van der Waals surface area contributed by atoms with Crippen molar-refractivity contribution in [3.05, 3.63) is 95.9 Å². The molecule has 0 fully saturated rings. The summed E-state index contributed by atoms with van der Waals surface area (Å²) in [5.41, 5.74) is 9.94. The topological polar surface area (TPSA) is 101 Å². The predicted molar refractivity (Wildman–Crippen MR) is 141 cm³/mol. The van der Waals surface area contributed by atoms with Crippen LogP contribution in [0.15, 0.2) is 58.9 Å². The van der Waals surface area contributed by atoms with E-state index in [-0.39, 0.29) is 30.2 Å². The average Bonchev–Trinajstić information content (AvgIpc) is 3.17. The van der Waals surface area contributed by atoms with Gasteiger partial charge in [0.2, 0.25) is 0 Å². The maximum atomic E-state index is 13.5. The van der Waals surface area contributed by atoms with Crippen molar-refractivity contribution in [3.8, 4) is 0 Å². The summed E-state index contributed by atoms with van der Waals surface area (Å²) >= 11 is 1.15. The Hall–Kier alpha value is -3.91. The van der Waals surface area contributed by atoms with Crippen molar-refractivity contribution in [2.24, 2.45) is 5.73 Å².